The Morgan fingerprint density at radius 3 is 0.600 bits per heavy atom. The van der Waals surface area contributed by atoms with Gasteiger partial charge >= 0.3 is 55.1 Å². The number of hydrogen-bond acceptors (Lipinski definition) is 0. The summed E-state index contributed by atoms with van der Waals surface area (Å²) in [7, 11) is 0. The molecule has 0 aliphatic carbocycles. The Morgan fingerprint density at radius 1 is 0.600 bits per heavy atom. The van der Waals surface area contributed by atoms with E-state index in [4.69, 9.17) is 0 Å². The Hall–Kier alpha value is 1.67. The average molecular weight is 240 g/mol. The summed E-state index contributed by atoms with van der Waals surface area (Å²) in [5.74, 6) is 0. The van der Waals surface area contributed by atoms with E-state index in [9.17, 15) is 0 Å². The van der Waals surface area contributed by atoms with Gasteiger partial charge < -0.3 is 16.4 Å². The molecule has 0 aliphatic rings. The van der Waals surface area contributed by atoms with E-state index in [1.54, 1.807) is 0 Å². The molecular weight excluding hydrogens is 240 g/mol. The monoisotopic (exact) mass is 240 g/mol. The molecule has 0 saturated carbocycles. The largest absolute Gasteiger partial charge is 3.00 e. The summed E-state index contributed by atoms with van der Waals surface area (Å²) < 4.78 is 0. The summed E-state index contributed by atoms with van der Waals surface area (Å²) in [5, 5.41) is 0. The van der Waals surface area contributed by atoms with Crippen LogP contribution in [0.2, 0.25) is 0 Å². The van der Waals surface area contributed by atoms with E-state index in [0.717, 1.165) is 0 Å². The molecular formula is AlHoO3. The molecule has 0 aliphatic heterocycles. The zero-order valence-corrected chi connectivity index (χ0v) is 5.19. The smallest absolute Gasteiger partial charge is 2.00 e. The van der Waals surface area contributed by atoms with E-state index >= 15 is 0 Å². The minimum absolute atomic E-state index is 0. The number of hydrogen-bond donors (Lipinski definition) is 0. The molecule has 0 aromatic carbocycles. The van der Waals surface area contributed by atoms with Crippen molar-refractivity contribution in [3.05, 3.63) is 0 Å². The van der Waals surface area contributed by atoms with E-state index in [1.807, 2.05) is 0 Å². The fourth-order valence-corrected chi connectivity index (χ4v) is 0. The molecule has 0 spiro atoms. The maximum atomic E-state index is 0. The Kier molecular flexibility index (Phi) is 680. The number of rotatable bonds is 0. The molecule has 0 atom stereocenters. The zero-order valence-electron chi connectivity index (χ0n) is 2.10. The minimum atomic E-state index is 0. The van der Waals surface area contributed by atoms with Crippen molar-refractivity contribution >= 4 is 17.4 Å². The molecule has 0 unspecified atom stereocenters. The molecule has 0 radical (unpaired) electrons. The summed E-state index contributed by atoms with van der Waals surface area (Å²) in [6.07, 6.45) is 0. The van der Waals surface area contributed by atoms with Crippen molar-refractivity contribution in [3.8, 4) is 0 Å². The molecule has 0 N–H and O–H groups in total. The molecule has 0 aromatic rings. The van der Waals surface area contributed by atoms with Crippen molar-refractivity contribution in [2.45, 2.75) is 0 Å². The Bertz CT molecular complexity index is 6.85. The van der Waals surface area contributed by atoms with Crippen LogP contribution in [0.3, 0.4) is 0 Å². The first-order valence-electron chi connectivity index (χ1n) is 0. The first-order chi connectivity index (χ1) is 0. The van der Waals surface area contributed by atoms with Crippen LogP contribution in [0.1, 0.15) is 0 Å². The predicted molar refractivity (Wildman–Crippen MR) is 7.81 cm³/mol. The molecule has 0 rings (SSSR count). The van der Waals surface area contributed by atoms with Crippen LogP contribution in [0.5, 0.6) is 0 Å². The Labute approximate surface area is 70.8 Å². The van der Waals surface area contributed by atoms with Crippen LogP contribution >= 0.6 is 0 Å². The van der Waals surface area contributed by atoms with Crippen molar-refractivity contribution < 1.29 is 54.2 Å². The van der Waals surface area contributed by atoms with Crippen molar-refractivity contribution in [2.75, 3.05) is 0 Å². The normalized spacial score (nSPS) is 0. The summed E-state index contributed by atoms with van der Waals surface area (Å²) in [4.78, 5) is 0. The Morgan fingerprint density at radius 2 is 0.600 bits per heavy atom. The summed E-state index contributed by atoms with van der Waals surface area (Å²) in [5.41, 5.74) is 0. The maximum Gasteiger partial charge on any atom is 3.00 e. The second-order valence-electron chi connectivity index (χ2n) is 0. The van der Waals surface area contributed by atoms with Gasteiger partial charge in [0.15, 0.2) is 0 Å². The maximum absolute atomic E-state index is 0. The third-order valence-corrected chi connectivity index (χ3v) is 0. The fraction of sp³-hybridized carbons (Fsp3) is 0. The van der Waals surface area contributed by atoms with Crippen LogP contribution in [0.25, 0.3) is 0 Å². The van der Waals surface area contributed by atoms with Gasteiger partial charge in [-0.1, -0.05) is 0 Å². The molecule has 5 heavy (non-hydrogen) atoms. The van der Waals surface area contributed by atoms with Gasteiger partial charge in [0.2, 0.25) is 0 Å². The summed E-state index contributed by atoms with van der Waals surface area (Å²) >= 11 is 0. The van der Waals surface area contributed by atoms with Gasteiger partial charge in [0.25, 0.3) is 0 Å². The van der Waals surface area contributed by atoms with Crippen molar-refractivity contribution in [1.29, 1.82) is 0 Å². The molecule has 3 nitrogen and oxygen atoms in total. The third kappa shape index (κ3) is 27.4. The standard InChI is InChI=1S/Al.Ho.3O/q2*+3;3*-2. The zero-order chi connectivity index (χ0) is 0. The van der Waals surface area contributed by atoms with Crippen LogP contribution in [-0.4, -0.2) is 17.4 Å². The molecule has 0 heterocycles. The van der Waals surface area contributed by atoms with Gasteiger partial charge in [-0.2, -0.15) is 0 Å². The fourth-order valence-electron chi connectivity index (χ4n) is 0. The SMILES string of the molecule is [Al+3].[Ho+3].[O-2].[O-2].[O-2]. The third-order valence-electron chi connectivity index (χ3n) is 0. The molecule has 5 heteroatoms. The summed E-state index contributed by atoms with van der Waals surface area (Å²) in [6, 6.07) is 0. The minimum Gasteiger partial charge on any atom is -2.00 e. The van der Waals surface area contributed by atoms with Crippen LogP contribution in [0, 0.1) is 37.7 Å². The van der Waals surface area contributed by atoms with E-state index in [2.05, 4.69) is 0 Å². The molecule has 0 saturated heterocycles. The van der Waals surface area contributed by atoms with E-state index in [-0.39, 0.29) is 71.5 Å². The predicted octanol–water partition coefficient (Wildman–Crippen LogP) is -0.737. The Balaban J connectivity index is 0. The van der Waals surface area contributed by atoms with Crippen molar-refractivity contribution in [3.63, 3.8) is 0 Å². The van der Waals surface area contributed by atoms with Crippen LogP contribution < -0.4 is 0 Å². The molecule has 0 fully saturated rings. The quantitative estimate of drug-likeness (QED) is 0.499. The first kappa shape index (κ1) is 76.8. The average Bonchev–Trinajstić information content (AvgIpc) is 0. The van der Waals surface area contributed by atoms with Crippen molar-refractivity contribution in [1.82, 2.24) is 0 Å². The van der Waals surface area contributed by atoms with Gasteiger partial charge in [-0.3, -0.25) is 0 Å². The van der Waals surface area contributed by atoms with Gasteiger partial charge in [0, 0.05) is 0 Å². The van der Waals surface area contributed by atoms with Crippen molar-refractivity contribution in [2.24, 2.45) is 0 Å². The van der Waals surface area contributed by atoms with E-state index < -0.39 is 0 Å². The van der Waals surface area contributed by atoms with E-state index in [1.165, 1.54) is 0 Å². The van der Waals surface area contributed by atoms with Gasteiger partial charge in [-0.05, 0) is 0 Å². The molecule has 0 aromatic heterocycles. The van der Waals surface area contributed by atoms with Gasteiger partial charge in [-0.25, -0.2) is 0 Å². The molecule has 0 amide bonds. The second-order valence-corrected chi connectivity index (χ2v) is 0. The van der Waals surface area contributed by atoms with Crippen LogP contribution in [0.15, 0.2) is 0 Å². The molecule has 32 valence electrons. The topological polar surface area (TPSA) is 85.5 Å². The molecule has 0 bridgehead atoms. The van der Waals surface area contributed by atoms with Gasteiger partial charge in [0.1, 0.15) is 0 Å². The van der Waals surface area contributed by atoms with Crippen LogP contribution in [-0.2, 0) is 16.4 Å². The van der Waals surface area contributed by atoms with E-state index in [0.29, 0.717) is 0 Å². The van der Waals surface area contributed by atoms with Gasteiger partial charge in [0.05, 0.1) is 0 Å². The first-order valence-corrected chi connectivity index (χ1v) is 0. The van der Waals surface area contributed by atoms with Crippen LogP contribution in [0.4, 0.5) is 0 Å². The second kappa shape index (κ2) is 44.3. The summed E-state index contributed by atoms with van der Waals surface area (Å²) in [6.45, 7) is 0. The van der Waals surface area contributed by atoms with Gasteiger partial charge in [-0.15, -0.1) is 0 Å².